The third kappa shape index (κ3) is 3.74. The number of nitrogens with zero attached hydrogens (tertiary/aromatic N) is 1. The molecule has 5 heteroatoms. The molecule has 1 atom stereocenters. The molecule has 4 rings (SSSR count). The number of halogens is 1. The first-order valence-electron chi connectivity index (χ1n) is 9.61. The van der Waals surface area contributed by atoms with Crippen LogP contribution in [0.15, 0.2) is 66.7 Å². The first kappa shape index (κ1) is 19.5. The molecule has 29 heavy (non-hydrogen) atoms. The molecular weight excluding hydrogens is 384 g/mol. The van der Waals surface area contributed by atoms with Crippen LogP contribution in [-0.4, -0.2) is 11.0 Å². The second-order valence-corrected chi connectivity index (χ2v) is 8.08. The van der Waals surface area contributed by atoms with E-state index >= 15 is 0 Å². The Hall–Kier alpha value is -2.82. The minimum absolute atomic E-state index is 0.257. The maximum atomic E-state index is 13.4. The molecule has 0 aromatic heterocycles. The van der Waals surface area contributed by atoms with Gasteiger partial charge < -0.3 is 15.7 Å². The summed E-state index contributed by atoms with van der Waals surface area (Å²) in [7, 11) is 0. The Bertz CT molecular complexity index is 1060. The summed E-state index contributed by atoms with van der Waals surface area (Å²) in [5.74, 6) is -0.320. The number of carbonyl (C=O) groups is 1. The number of aliphatic hydroxyl groups is 1. The van der Waals surface area contributed by atoms with Gasteiger partial charge in [-0.2, -0.15) is 0 Å². The Kier molecular flexibility index (Phi) is 5.07. The average Bonchev–Trinajstić information content (AvgIpc) is 2.90. The molecule has 3 aromatic carbocycles. The number of aryl methyl sites for hydroxylation is 2. The molecule has 0 saturated heterocycles. The Morgan fingerprint density at radius 1 is 1.03 bits per heavy atom. The normalized spacial score (nSPS) is 18.2. The predicted octanol–water partition coefficient (Wildman–Crippen LogP) is 4.60. The Labute approximate surface area is 175 Å². The van der Waals surface area contributed by atoms with E-state index in [1.165, 1.54) is 0 Å². The summed E-state index contributed by atoms with van der Waals surface area (Å²) in [5, 5.41) is 12.0. The van der Waals surface area contributed by atoms with Gasteiger partial charge in [-0.3, -0.25) is 4.79 Å². The van der Waals surface area contributed by atoms with Crippen molar-refractivity contribution in [2.45, 2.75) is 31.9 Å². The maximum Gasteiger partial charge on any atom is 0.264 e. The van der Waals surface area contributed by atoms with E-state index in [9.17, 15) is 9.90 Å². The molecule has 0 aliphatic carbocycles. The lowest BCUT2D eigenvalue weighted by molar-refractivity contribution is -0.136. The number of fused-ring (bicyclic) bond motifs is 1. The highest BCUT2D eigenvalue weighted by Gasteiger charge is 2.49. The molecule has 0 fully saturated rings. The highest BCUT2D eigenvalue weighted by molar-refractivity contribution is 6.31. The van der Waals surface area contributed by atoms with Crippen LogP contribution in [0.4, 0.5) is 11.4 Å². The molecule has 0 bridgehead atoms. The van der Waals surface area contributed by atoms with Gasteiger partial charge in [0.25, 0.3) is 5.91 Å². The highest BCUT2D eigenvalue weighted by atomic mass is 35.5. The van der Waals surface area contributed by atoms with E-state index in [-0.39, 0.29) is 12.3 Å². The predicted molar refractivity (Wildman–Crippen MR) is 117 cm³/mol. The Morgan fingerprint density at radius 3 is 2.52 bits per heavy atom. The van der Waals surface area contributed by atoms with Crippen LogP contribution in [0.3, 0.4) is 0 Å². The number of carbonyl (C=O) groups excluding carboxylic acids is 1. The fourth-order valence-corrected chi connectivity index (χ4v) is 4.04. The van der Waals surface area contributed by atoms with Gasteiger partial charge in [0.15, 0.2) is 5.60 Å². The lowest BCUT2D eigenvalue weighted by Crippen LogP contribution is -2.40. The molecule has 1 unspecified atom stereocenters. The first-order valence-corrected chi connectivity index (χ1v) is 9.99. The fraction of sp³-hybridized carbons (Fsp3) is 0.208. The van der Waals surface area contributed by atoms with Crippen molar-refractivity contribution >= 4 is 28.9 Å². The zero-order valence-electron chi connectivity index (χ0n) is 16.2. The highest BCUT2D eigenvalue weighted by Crippen LogP contribution is 2.44. The van der Waals surface area contributed by atoms with Crippen molar-refractivity contribution in [1.29, 1.82) is 0 Å². The standard InChI is InChI=1S/C24H23ClN2O2/c1-16-5-7-18(8-6-16)15-27-22-10-9-19(25)14-21(22)24(29,23(27)28)12-11-17-3-2-4-20(26)13-17/h2-10,13-14,29H,11-12,15,26H2,1H3. The average molecular weight is 407 g/mol. The van der Waals surface area contributed by atoms with Crippen molar-refractivity contribution < 1.29 is 9.90 Å². The maximum absolute atomic E-state index is 13.4. The van der Waals surface area contributed by atoms with E-state index in [1.807, 2.05) is 61.5 Å². The zero-order valence-corrected chi connectivity index (χ0v) is 17.0. The van der Waals surface area contributed by atoms with Gasteiger partial charge in [-0.05, 0) is 61.2 Å². The van der Waals surface area contributed by atoms with Crippen molar-refractivity contribution in [3.63, 3.8) is 0 Å². The number of nitrogens with two attached hydrogens (primary N) is 1. The van der Waals surface area contributed by atoms with Crippen LogP contribution in [0.2, 0.25) is 5.02 Å². The zero-order chi connectivity index (χ0) is 20.6. The second kappa shape index (κ2) is 7.54. The molecule has 3 aromatic rings. The van der Waals surface area contributed by atoms with Gasteiger partial charge in [-0.15, -0.1) is 0 Å². The number of rotatable bonds is 5. The summed E-state index contributed by atoms with van der Waals surface area (Å²) in [6.07, 6.45) is 0.782. The van der Waals surface area contributed by atoms with Crippen LogP contribution in [0, 0.1) is 6.92 Å². The van der Waals surface area contributed by atoms with Crippen molar-refractivity contribution in [3.05, 3.63) is 94.0 Å². The van der Waals surface area contributed by atoms with E-state index in [1.54, 1.807) is 17.0 Å². The summed E-state index contributed by atoms with van der Waals surface area (Å²) in [5.41, 5.74) is 9.32. The van der Waals surface area contributed by atoms with Crippen molar-refractivity contribution in [3.8, 4) is 0 Å². The minimum Gasteiger partial charge on any atom is -0.399 e. The van der Waals surface area contributed by atoms with Crippen LogP contribution in [0.5, 0.6) is 0 Å². The third-order valence-corrected chi connectivity index (χ3v) is 5.72. The quantitative estimate of drug-likeness (QED) is 0.608. The number of hydrogen-bond donors (Lipinski definition) is 2. The summed E-state index contributed by atoms with van der Waals surface area (Å²) in [4.78, 5) is 15.0. The summed E-state index contributed by atoms with van der Waals surface area (Å²) in [6, 6.07) is 20.8. The van der Waals surface area contributed by atoms with Crippen LogP contribution >= 0.6 is 11.6 Å². The van der Waals surface area contributed by atoms with Gasteiger partial charge in [0.2, 0.25) is 0 Å². The number of anilines is 2. The molecule has 1 aliphatic rings. The molecule has 148 valence electrons. The number of nitrogen functional groups attached to an aromatic ring is 1. The van der Waals surface area contributed by atoms with Gasteiger partial charge in [0.05, 0.1) is 12.2 Å². The van der Waals surface area contributed by atoms with Crippen LogP contribution in [0.25, 0.3) is 0 Å². The molecular formula is C24H23ClN2O2. The number of benzene rings is 3. The van der Waals surface area contributed by atoms with Gasteiger partial charge in [0.1, 0.15) is 0 Å². The smallest absolute Gasteiger partial charge is 0.264 e. The van der Waals surface area contributed by atoms with E-state index in [0.717, 1.165) is 16.7 Å². The summed E-state index contributed by atoms with van der Waals surface area (Å²) >= 11 is 6.20. The van der Waals surface area contributed by atoms with Crippen molar-refractivity contribution in [2.75, 3.05) is 10.6 Å². The minimum atomic E-state index is -1.62. The van der Waals surface area contributed by atoms with E-state index < -0.39 is 5.60 Å². The van der Waals surface area contributed by atoms with Gasteiger partial charge in [0, 0.05) is 16.3 Å². The number of amides is 1. The molecule has 1 amide bonds. The Morgan fingerprint density at radius 2 is 1.79 bits per heavy atom. The SMILES string of the molecule is Cc1ccc(CN2C(=O)C(O)(CCc3cccc(N)c3)c3cc(Cl)ccc32)cc1. The second-order valence-electron chi connectivity index (χ2n) is 7.64. The fourth-order valence-electron chi connectivity index (χ4n) is 3.87. The number of hydrogen-bond acceptors (Lipinski definition) is 3. The molecule has 1 heterocycles. The molecule has 0 radical (unpaired) electrons. The van der Waals surface area contributed by atoms with Crippen LogP contribution < -0.4 is 10.6 Å². The summed E-state index contributed by atoms with van der Waals surface area (Å²) in [6.45, 7) is 2.42. The van der Waals surface area contributed by atoms with Gasteiger partial charge in [-0.1, -0.05) is 53.6 Å². The monoisotopic (exact) mass is 406 g/mol. The lowest BCUT2D eigenvalue weighted by atomic mass is 9.89. The van der Waals surface area contributed by atoms with E-state index in [2.05, 4.69) is 0 Å². The van der Waals surface area contributed by atoms with Crippen molar-refractivity contribution in [2.24, 2.45) is 0 Å². The van der Waals surface area contributed by atoms with E-state index in [4.69, 9.17) is 17.3 Å². The lowest BCUT2D eigenvalue weighted by Gasteiger charge is -2.23. The van der Waals surface area contributed by atoms with E-state index in [0.29, 0.717) is 34.9 Å². The van der Waals surface area contributed by atoms with Crippen LogP contribution in [-0.2, 0) is 23.4 Å². The molecule has 1 aliphatic heterocycles. The van der Waals surface area contributed by atoms with Gasteiger partial charge in [-0.25, -0.2) is 0 Å². The van der Waals surface area contributed by atoms with Crippen molar-refractivity contribution in [1.82, 2.24) is 0 Å². The van der Waals surface area contributed by atoms with Gasteiger partial charge >= 0.3 is 0 Å². The molecule has 0 spiro atoms. The largest absolute Gasteiger partial charge is 0.399 e. The topological polar surface area (TPSA) is 66.6 Å². The summed E-state index contributed by atoms with van der Waals surface area (Å²) < 4.78 is 0. The molecule has 4 nitrogen and oxygen atoms in total. The van der Waals surface area contributed by atoms with Crippen LogP contribution in [0.1, 0.15) is 28.7 Å². The first-order chi connectivity index (χ1) is 13.9. The third-order valence-electron chi connectivity index (χ3n) is 5.48. The Balaban J connectivity index is 1.66. The molecule has 0 saturated carbocycles. The molecule has 3 N–H and O–H groups in total.